The number of rotatable bonds is 5. The van der Waals surface area contributed by atoms with Crippen molar-refractivity contribution in [2.45, 2.75) is 32.4 Å². The van der Waals surface area contributed by atoms with Gasteiger partial charge in [0.15, 0.2) is 0 Å². The van der Waals surface area contributed by atoms with E-state index in [-0.39, 0.29) is 17.8 Å². The maximum Gasteiger partial charge on any atom is 0.246 e. The summed E-state index contributed by atoms with van der Waals surface area (Å²) in [6, 6.07) is 11.7. The number of para-hydroxylation sites is 1. The Kier molecular flexibility index (Phi) is 5.25. The van der Waals surface area contributed by atoms with E-state index in [0.29, 0.717) is 11.1 Å². The van der Waals surface area contributed by atoms with E-state index in [1.807, 2.05) is 31.2 Å². The molecule has 0 bridgehead atoms. The molecule has 0 saturated carbocycles. The van der Waals surface area contributed by atoms with Crippen LogP contribution in [0.3, 0.4) is 0 Å². The van der Waals surface area contributed by atoms with Crippen molar-refractivity contribution in [1.29, 1.82) is 0 Å². The van der Waals surface area contributed by atoms with Crippen LogP contribution in [0.2, 0.25) is 0 Å². The van der Waals surface area contributed by atoms with Gasteiger partial charge in [-0.3, -0.25) is 4.79 Å². The van der Waals surface area contributed by atoms with E-state index in [0.717, 1.165) is 16.6 Å². The number of nitrogen functional groups attached to an aromatic ring is 1. The fourth-order valence-corrected chi connectivity index (χ4v) is 3.08. The lowest BCUT2D eigenvalue weighted by Crippen LogP contribution is -2.28. The number of fused-ring (bicyclic) bond motifs is 1. The number of carbonyl (C=O) groups excluding carboxylic acids is 1. The zero-order valence-electron chi connectivity index (χ0n) is 16.6. The number of likely N-dealkylation sites (N-methyl/N-ethyl adjacent to an activating group) is 1. The molecule has 1 unspecified atom stereocenters. The zero-order valence-corrected chi connectivity index (χ0v) is 16.6. The zero-order chi connectivity index (χ0) is 20.5. The summed E-state index contributed by atoms with van der Waals surface area (Å²) in [6.07, 6.45) is 4.76. The lowest BCUT2D eigenvalue weighted by molar-refractivity contribution is -0.126. The summed E-state index contributed by atoms with van der Waals surface area (Å²) in [7, 11) is 1.77. The molecule has 1 atom stereocenters. The van der Waals surface area contributed by atoms with Crippen LogP contribution in [-0.2, 0) is 10.4 Å². The molecule has 3 aromatic rings. The molecule has 0 spiro atoms. The number of hydrogen-bond acceptors (Lipinski definition) is 4. The summed E-state index contributed by atoms with van der Waals surface area (Å²) in [6.45, 7) is 5.28. The van der Waals surface area contributed by atoms with Crippen LogP contribution >= 0.6 is 0 Å². The van der Waals surface area contributed by atoms with Gasteiger partial charge in [-0.1, -0.05) is 18.2 Å². The number of benzene rings is 1. The Labute approximate surface area is 164 Å². The Morgan fingerprint density at radius 1 is 1.32 bits per heavy atom. The van der Waals surface area contributed by atoms with Gasteiger partial charge in [0.05, 0.1) is 11.6 Å². The Bertz CT molecular complexity index is 997. The first-order valence-electron chi connectivity index (χ1n) is 9.17. The first-order valence-corrected chi connectivity index (χ1v) is 9.17. The maximum atomic E-state index is 12.6. The number of aromatic amines is 1. The van der Waals surface area contributed by atoms with E-state index < -0.39 is 5.60 Å². The molecule has 0 aliphatic heterocycles. The van der Waals surface area contributed by atoms with Gasteiger partial charge in [0.25, 0.3) is 0 Å². The molecule has 0 aliphatic carbocycles. The minimum absolute atomic E-state index is 0.110. The Balaban J connectivity index is 1.76. The highest BCUT2D eigenvalue weighted by molar-refractivity contribution is 5.92. The molecule has 1 amide bonds. The van der Waals surface area contributed by atoms with Gasteiger partial charge in [-0.25, -0.2) is 4.98 Å². The third kappa shape index (κ3) is 4.07. The monoisotopic (exact) mass is 378 g/mol. The van der Waals surface area contributed by atoms with Crippen molar-refractivity contribution >= 4 is 28.7 Å². The van der Waals surface area contributed by atoms with E-state index in [9.17, 15) is 9.90 Å². The van der Waals surface area contributed by atoms with Gasteiger partial charge in [0, 0.05) is 36.1 Å². The molecule has 28 heavy (non-hydrogen) atoms. The van der Waals surface area contributed by atoms with Gasteiger partial charge >= 0.3 is 0 Å². The van der Waals surface area contributed by atoms with E-state index in [1.54, 1.807) is 44.1 Å². The van der Waals surface area contributed by atoms with Crippen molar-refractivity contribution in [2.75, 3.05) is 12.8 Å². The van der Waals surface area contributed by atoms with E-state index >= 15 is 0 Å². The SMILES string of the molecule is CC(c1cc2ccccc2[nH]1)N(C)C(=O)C=Cc1cnc(N)c(C(C)(C)O)c1. The van der Waals surface area contributed by atoms with E-state index in [1.165, 1.54) is 6.08 Å². The number of anilines is 1. The molecule has 146 valence electrons. The van der Waals surface area contributed by atoms with Crippen LogP contribution in [0.1, 0.15) is 43.6 Å². The summed E-state index contributed by atoms with van der Waals surface area (Å²) in [5, 5.41) is 11.3. The largest absolute Gasteiger partial charge is 0.386 e. The second-order valence-corrected chi connectivity index (χ2v) is 7.53. The topological polar surface area (TPSA) is 95.2 Å². The smallest absolute Gasteiger partial charge is 0.246 e. The highest BCUT2D eigenvalue weighted by Crippen LogP contribution is 2.26. The van der Waals surface area contributed by atoms with Crippen molar-refractivity contribution in [3.63, 3.8) is 0 Å². The lowest BCUT2D eigenvalue weighted by Gasteiger charge is -2.23. The van der Waals surface area contributed by atoms with Crippen molar-refractivity contribution in [2.24, 2.45) is 0 Å². The molecule has 0 aliphatic rings. The van der Waals surface area contributed by atoms with Crippen molar-refractivity contribution in [3.05, 3.63) is 65.5 Å². The molecule has 0 radical (unpaired) electrons. The first kappa shape index (κ1) is 19.6. The minimum Gasteiger partial charge on any atom is -0.386 e. The van der Waals surface area contributed by atoms with Gasteiger partial charge < -0.3 is 20.7 Å². The number of nitrogens with two attached hydrogens (primary N) is 1. The number of amides is 1. The molecule has 0 fully saturated rings. The number of nitrogens with zero attached hydrogens (tertiary/aromatic N) is 2. The second-order valence-electron chi connectivity index (χ2n) is 7.53. The van der Waals surface area contributed by atoms with Crippen molar-refractivity contribution < 1.29 is 9.90 Å². The number of aromatic nitrogens is 2. The van der Waals surface area contributed by atoms with Crippen LogP contribution in [0, 0.1) is 0 Å². The molecular formula is C22H26N4O2. The number of carbonyl (C=O) groups is 1. The molecule has 2 aromatic heterocycles. The Morgan fingerprint density at radius 3 is 2.71 bits per heavy atom. The number of nitrogens with one attached hydrogen (secondary N) is 1. The minimum atomic E-state index is -1.11. The van der Waals surface area contributed by atoms with Crippen LogP contribution in [-0.4, -0.2) is 32.9 Å². The van der Waals surface area contributed by atoms with Crippen molar-refractivity contribution in [3.8, 4) is 0 Å². The fraction of sp³-hybridized carbons (Fsp3) is 0.273. The molecule has 2 heterocycles. The number of pyridine rings is 1. The maximum absolute atomic E-state index is 12.6. The normalized spacial score (nSPS) is 13.2. The average molecular weight is 378 g/mol. The van der Waals surface area contributed by atoms with Crippen LogP contribution in [0.15, 0.2) is 48.7 Å². The highest BCUT2D eigenvalue weighted by Gasteiger charge is 2.20. The lowest BCUT2D eigenvalue weighted by atomic mass is 9.97. The summed E-state index contributed by atoms with van der Waals surface area (Å²) >= 11 is 0. The van der Waals surface area contributed by atoms with Crippen LogP contribution in [0.5, 0.6) is 0 Å². The van der Waals surface area contributed by atoms with Gasteiger partial charge in [-0.15, -0.1) is 0 Å². The van der Waals surface area contributed by atoms with Gasteiger partial charge in [-0.05, 0) is 56.0 Å². The summed E-state index contributed by atoms with van der Waals surface area (Å²) in [4.78, 5) is 21.8. The third-order valence-electron chi connectivity index (χ3n) is 4.95. The average Bonchev–Trinajstić information content (AvgIpc) is 3.09. The molecule has 6 nitrogen and oxygen atoms in total. The fourth-order valence-electron chi connectivity index (χ4n) is 3.08. The summed E-state index contributed by atoms with van der Waals surface area (Å²) in [5.41, 5.74) is 7.99. The molecule has 1 aromatic carbocycles. The first-order chi connectivity index (χ1) is 13.2. The predicted molar refractivity (Wildman–Crippen MR) is 112 cm³/mol. The van der Waals surface area contributed by atoms with Crippen LogP contribution in [0.4, 0.5) is 5.82 Å². The second kappa shape index (κ2) is 7.48. The predicted octanol–water partition coefficient (Wildman–Crippen LogP) is 3.61. The van der Waals surface area contributed by atoms with E-state index in [4.69, 9.17) is 5.73 Å². The summed E-state index contributed by atoms with van der Waals surface area (Å²) < 4.78 is 0. The van der Waals surface area contributed by atoms with Gasteiger partial charge in [0.1, 0.15) is 5.82 Å². The standard InChI is InChI=1S/C22H26N4O2/c1-14(19-12-16-7-5-6-8-18(16)25-19)26(4)20(27)10-9-15-11-17(22(2,3)28)21(23)24-13-15/h5-14,25,28H,1-4H3,(H2,23,24). The van der Waals surface area contributed by atoms with Gasteiger partial charge in [0.2, 0.25) is 5.91 Å². The van der Waals surface area contributed by atoms with Crippen LogP contribution < -0.4 is 5.73 Å². The van der Waals surface area contributed by atoms with Gasteiger partial charge in [-0.2, -0.15) is 0 Å². The quantitative estimate of drug-likeness (QED) is 0.591. The molecule has 6 heteroatoms. The third-order valence-corrected chi connectivity index (χ3v) is 4.95. The Morgan fingerprint density at radius 2 is 2.04 bits per heavy atom. The number of H-pyrrole nitrogens is 1. The molecule has 3 rings (SSSR count). The molecular weight excluding hydrogens is 352 g/mol. The van der Waals surface area contributed by atoms with Crippen molar-refractivity contribution in [1.82, 2.24) is 14.9 Å². The highest BCUT2D eigenvalue weighted by atomic mass is 16.3. The number of aliphatic hydroxyl groups is 1. The Hall–Kier alpha value is -3.12. The molecule has 4 N–H and O–H groups in total. The molecule has 0 saturated heterocycles. The summed E-state index contributed by atoms with van der Waals surface area (Å²) in [5.74, 6) is 0.147. The van der Waals surface area contributed by atoms with E-state index in [2.05, 4.69) is 16.0 Å². The number of hydrogen-bond donors (Lipinski definition) is 3. The van der Waals surface area contributed by atoms with Crippen LogP contribution in [0.25, 0.3) is 17.0 Å².